The molecule has 1 unspecified atom stereocenters. The molecule has 1 N–H and O–H groups in total. The second kappa shape index (κ2) is 10.3. The molecule has 0 bridgehead atoms. The third kappa shape index (κ3) is 4.59. The average Bonchev–Trinajstić information content (AvgIpc) is 3.30. The van der Waals surface area contributed by atoms with Crippen LogP contribution in [0.15, 0.2) is 78.1 Å². The summed E-state index contributed by atoms with van der Waals surface area (Å²) in [5.74, 6) is -0.194. The molecule has 1 aliphatic heterocycles. The Morgan fingerprint density at radius 1 is 0.970 bits per heavy atom. The minimum absolute atomic E-state index is 0.194. The van der Waals surface area contributed by atoms with Crippen molar-refractivity contribution in [3.8, 4) is 0 Å². The van der Waals surface area contributed by atoms with E-state index in [0.29, 0.717) is 16.2 Å². The normalized spacial score (nSPS) is 14.4. The molecule has 1 aromatic carbocycles. The topological polar surface area (TPSA) is 97.2 Å². The van der Waals surface area contributed by atoms with Gasteiger partial charge in [0.05, 0.1) is 16.1 Å². The van der Waals surface area contributed by atoms with Crippen molar-refractivity contribution in [3.63, 3.8) is 0 Å². The zero-order valence-corrected chi connectivity index (χ0v) is 18.7. The lowest BCUT2D eigenvalue weighted by atomic mass is 10.1. The summed E-state index contributed by atoms with van der Waals surface area (Å²) in [5, 5.41) is 3.35. The standard InChI is InChI=1S/C23H21N5O2S.CH2O/c29-23(19-7-1-2-9-25-19)17-5-3-6-18(15-17)31(30)28-16-21(27-13-11-24-12-14-27)22-20(28)8-4-10-26-22;1-2/h1-10,15-16,24H,11-14H2;1H2. The van der Waals surface area contributed by atoms with Gasteiger partial charge in [-0.05, 0) is 36.4 Å². The number of ketones is 1. The van der Waals surface area contributed by atoms with Gasteiger partial charge in [-0.1, -0.05) is 18.2 Å². The molecule has 0 aliphatic carbocycles. The summed E-state index contributed by atoms with van der Waals surface area (Å²) in [6.07, 6.45) is 5.26. The molecule has 5 rings (SSSR count). The Kier molecular flexibility index (Phi) is 7.01. The van der Waals surface area contributed by atoms with Gasteiger partial charge in [-0.2, -0.15) is 0 Å². The molecule has 33 heavy (non-hydrogen) atoms. The zero-order chi connectivity index (χ0) is 23.2. The quantitative estimate of drug-likeness (QED) is 0.456. The predicted octanol–water partition coefficient (Wildman–Crippen LogP) is 2.46. The number of nitrogens with zero attached hydrogens (tertiary/aromatic N) is 4. The summed E-state index contributed by atoms with van der Waals surface area (Å²) in [4.78, 5) is 32.3. The number of hydrogen-bond acceptors (Lipinski definition) is 7. The third-order valence-electron chi connectivity index (χ3n) is 5.34. The first-order chi connectivity index (χ1) is 16.2. The maximum Gasteiger partial charge on any atom is 0.211 e. The molecule has 168 valence electrons. The Labute approximate surface area is 193 Å². The smallest absolute Gasteiger partial charge is 0.211 e. The summed E-state index contributed by atoms with van der Waals surface area (Å²) in [6, 6.07) is 15.9. The first-order valence-electron chi connectivity index (χ1n) is 10.4. The van der Waals surface area contributed by atoms with Crippen LogP contribution in [0.1, 0.15) is 16.1 Å². The van der Waals surface area contributed by atoms with Crippen molar-refractivity contribution < 1.29 is 13.8 Å². The maximum absolute atomic E-state index is 13.6. The fourth-order valence-electron chi connectivity index (χ4n) is 3.79. The number of benzene rings is 1. The van der Waals surface area contributed by atoms with Crippen LogP contribution in [0, 0.1) is 0 Å². The van der Waals surface area contributed by atoms with E-state index in [1.807, 2.05) is 25.1 Å². The largest absolute Gasteiger partial charge is 0.366 e. The molecule has 4 aromatic rings. The molecule has 0 amide bonds. The van der Waals surface area contributed by atoms with Crippen molar-refractivity contribution in [1.29, 1.82) is 0 Å². The number of piperazine rings is 1. The molecular weight excluding hydrogens is 438 g/mol. The van der Waals surface area contributed by atoms with Crippen molar-refractivity contribution in [3.05, 3.63) is 84.4 Å². The lowest BCUT2D eigenvalue weighted by Gasteiger charge is -2.28. The number of anilines is 1. The number of hydrogen-bond donors (Lipinski definition) is 1. The van der Waals surface area contributed by atoms with Crippen LogP contribution < -0.4 is 10.2 Å². The van der Waals surface area contributed by atoms with E-state index in [1.165, 1.54) is 0 Å². The van der Waals surface area contributed by atoms with Gasteiger partial charge in [0.2, 0.25) is 5.78 Å². The molecule has 0 radical (unpaired) electrons. The summed E-state index contributed by atoms with van der Waals surface area (Å²) in [5.41, 5.74) is 3.43. The minimum atomic E-state index is -1.53. The van der Waals surface area contributed by atoms with Crippen LogP contribution >= 0.6 is 0 Å². The summed E-state index contributed by atoms with van der Waals surface area (Å²) < 4.78 is 15.3. The summed E-state index contributed by atoms with van der Waals surface area (Å²) in [7, 11) is -1.53. The number of nitrogens with one attached hydrogen (secondary N) is 1. The van der Waals surface area contributed by atoms with Crippen LogP contribution in [0.4, 0.5) is 5.69 Å². The van der Waals surface area contributed by atoms with Crippen LogP contribution in [-0.2, 0) is 15.8 Å². The third-order valence-corrected chi connectivity index (χ3v) is 6.65. The van der Waals surface area contributed by atoms with Crippen LogP contribution in [0.2, 0.25) is 0 Å². The fourth-order valence-corrected chi connectivity index (χ4v) is 4.96. The van der Waals surface area contributed by atoms with Crippen LogP contribution in [0.3, 0.4) is 0 Å². The number of pyridine rings is 2. The highest BCUT2D eigenvalue weighted by molar-refractivity contribution is 7.83. The Balaban J connectivity index is 0.00000126. The molecule has 3 aromatic heterocycles. The highest BCUT2D eigenvalue weighted by atomic mass is 32.2. The van der Waals surface area contributed by atoms with E-state index >= 15 is 0 Å². The number of fused-ring (bicyclic) bond motifs is 1. The van der Waals surface area contributed by atoms with E-state index in [9.17, 15) is 9.00 Å². The molecule has 1 fully saturated rings. The summed E-state index contributed by atoms with van der Waals surface area (Å²) >= 11 is 0. The van der Waals surface area contributed by atoms with Gasteiger partial charge in [0.15, 0.2) is 11.0 Å². The molecule has 1 atom stereocenters. The number of carbonyl (C=O) groups is 2. The van der Waals surface area contributed by atoms with Gasteiger partial charge in [-0.25, -0.2) is 4.21 Å². The molecule has 1 aliphatic rings. The van der Waals surface area contributed by atoms with E-state index < -0.39 is 11.0 Å². The minimum Gasteiger partial charge on any atom is -0.366 e. The van der Waals surface area contributed by atoms with Crippen molar-refractivity contribution >= 4 is 40.3 Å². The van der Waals surface area contributed by atoms with Crippen molar-refractivity contribution in [2.24, 2.45) is 0 Å². The van der Waals surface area contributed by atoms with Crippen molar-refractivity contribution in [2.45, 2.75) is 4.90 Å². The lowest BCUT2D eigenvalue weighted by Crippen LogP contribution is -2.43. The Bertz CT molecular complexity index is 1290. The molecule has 8 nitrogen and oxygen atoms in total. The highest BCUT2D eigenvalue weighted by Gasteiger charge is 2.21. The number of carbonyl (C=O) groups excluding carboxylic acids is 2. The zero-order valence-electron chi connectivity index (χ0n) is 17.9. The monoisotopic (exact) mass is 461 g/mol. The maximum atomic E-state index is 13.6. The Hall–Kier alpha value is -3.69. The number of rotatable bonds is 5. The molecule has 9 heteroatoms. The number of aromatic nitrogens is 3. The first kappa shape index (κ1) is 22.5. The van der Waals surface area contributed by atoms with Crippen molar-refractivity contribution in [1.82, 2.24) is 19.3 Å². The molecule has 0 saturated carbocycles. The van der Waals surface area contributed by atoms with Crippen LogP contribution in [-0.4, -0.2) is 56.9 Å². The van der Waals surface area contributed by atoms with E-state index in [-0.39, 0.29) is 5.78 Å². The predicted molar refractivity (Wildman–Crippen MR) is 128 cm³/mol. The van der Waals surface area contributed by atoms with Gasteiger partial charge in [0, 0.05) is 50.3 Å². The van der Waals surface area contributed by atoms with Gasteiger partial charge in [-0.3, -0.25) is 18.7 Å². The molecular formula is C24H23N5O3S. The fraction of sp³-hybridized carbons (Fsp3) is 0.167. The van der Waals surface area contributed by atoms with Crippen molar-refractivity contribution in [2.75, 3.05) is 31.1 Å². The lowest BCUT2D eigenvalue weighted by molar-refractivity contribution is -0.0980. The Morgan fingerprint density at radius 2 is 1.76 bits per heavy atom. The first-order valence-corrected chi connectivity index (χ1v) is 11.5. The van der Waals surface area contributed by atoms with E-state index in [1.54, 1.807) is 58.8 Å². The van der Waals surface area contributed by atoms with Gasteiger partial charge in [0.1, 0.15) is 18.0 Å². The SMILES string of the molecule is C=O.O=C(c1cccc(S(=O)n2cc(N3CCNCC3)c3ncccc32)c1)c1ccccn1. The second-order valence-electron chi connectivity index (χ2n) is 7.27. The molecule has 1 saturated heterocycles. The van der Waals surface area contributed by atoms with Gasteiger partial charge in [-0.15, -0.1) is 0 Å². The molecule has 0 spiro atoms. The van der Waals surface area contributed by atoms with E-state index in [2.05, 4.69) is 20.2 Å². The Morgan fingerprint density at radius 3 is 2.52 bits per heavy atom. The summed E-state index contributed by atoms with van der Waals surface area (Å²) in [6.45, 7) is 5.55. The molecule has 4 heterocycles. The average molecular weight is 462 g/mol. The van der Waals surface area contributed by atoms with Crippen LogP contribution in [0.5, 0.6) is 0 Å². The van der Waals surface area contributed by atoms with Gasteiger partial charge >= 0.3 is 0 Å². The van der Waals surface area contributed by atoms with Crippen LogP contribution in [0.25, 0.3) is 11.0 Å². The van der Waals surface area contributed by atoms with E-state index in [4.69, 9.17) is 4.79 Å². The van der Waals surface area contributed by atoms with Gasteiger partial charge < -0.3 is 15.0 Å². The highest BCUT2D eigenvalue weighted by Crippen LogP contribution is 2.29. The van der Waals surface area contributed by atoms with Gasteiger partial charge in [0.25, 0.3) is 0 Å². The second-order valence-corrected chi connectivity index (χ2v) is 8.63. The van der Waals surface area contributed by atoms with E-state index in [0.717, 1.165) is 42.9 Å².